The molecule has 1 amide bonds. The summed E-state index contributed by atoms with van der Waals surface area (Å²) in [6.45, 7) is 8.26. The van der Waals surface area contributed by atoms with Crippen molar-refractivity contribution in [3.8, 4) is 0 Å². The summed E-state index contributed by atoms with van der Waals surface area (Å²) in [5.41, 5.74) is 1.75. The van der Waals surface area contributed by atoms with E-state index in [4.69, 9.17) is 4.98 Å². The van der Waals surface area contributed by atoms with Gasteiger partial charge in [0.05, 0.1) is 5.75 Å². The minimum atomic E-state index is -0.328. The van der Waals surface area contributed by atoms with Crippen LogP contribution in [0.5, 0.6) is 0 Å². The van der Waals surface area contributed by atoms with Crippen molar-refractivity contribution in [2.45, 2.75) is 38.6 Å². The number of amides is 1. The number of nitrogens with one attached hydrogen (secondary N) is 1. The minimum absolute atomic E-state index is 0.149. The normalized spacial score (nSPS) is 11.3. The molecule has 0 aliphatic heterocycles. The molecule has 0 spiro atoms. The van der Waals surface area contributed by atoms with E-state index in [2.05, 4.69) is 38.0 Å². The molecule has 0 saturated heterocycles. The fourth-order valence-electron chi connectivity index (χ4n) is 2.46. The molecule has 3 rings (SSSR count). The van der Waals surface area contributed by atoms with Crippen molar-refractivity contribution in [3.63, 3.8) is 0 Å². The first-order valence-electron chi connectivity index (χ1n) is 8.31. The van der Waals surface area contributed by atoms with Gasteiger partial charge in [0.1, 0.15) is 21.5 Å². The number of benzene rings is 1. The second kappa shape index (κ2) is 7.72. The van der Waals surface area contributed by atoms with Crippen LogP contribution in [-0.4, -0.2) is 21.6 Å². The zero-order valence-corrected chi connectivity index (χ0v) is 16.7. The molecule has 0 unspecified atom stereocenters. The average molecular weight is 390 g/mol. The summed E-state index contributed by atoms with van der Waals surface area (Å²) < 4.78 is 13.0. The number of halogens is 1. The maximum absolute atomic E-state index is 13.0. The molecular formula is C19H20FN3OS2. The summed E-state index contributed by atoms with van der Waals surface area (Å²) in [5.74, 6) is 0.763. The Morgan fingerprint density at radius 3 is 2.58 bits per heavy atom. The van der Waals surface area contributed by atoms with Crippen LogP contribution in [0.4, 0.5) is 10.1 Å². The van der Waals surface area contributed by atoms with Crippen LogP contribution in [0.1, 0.15) is 36.0 Å². The zero-order chi connectivity index (χ0) is 18.8. The highest BCUT2D eigenvalue weighted by molar-refractivity contribution is 8.00. The molecule has 0 atom stereocenters. The monoisotopic (exact) mass is 389 g/mol. The molecule has 3 aromatic rings. The first kappa shape index (κ1) is 18.8. The van der Waals surface area contributed by atoms with Gasteiger partial charge >= 0.3 is 0 Å². The van der Waals surface area contributed by atoms with Gasteiger partial charge in [-0.2, -0.15) is 0 Å². The maximum atomic E-state index is 13.0. The summed E-state index contributed by atoms with van der Waals surface area (Å²) in [4.78, 5) is 23.8. The molecule has 2 heterocycles. The van der Waals surface area contributed by atoms with E-state index in [0.29, 0.717) is 5.69 Å². The fourth-order valence-corrected chi connectivity index (χ4v) is 4.45. The third-order valence-corrected chi connectivity index (χ3v) is 6.07. The van der Waals surface area contributed by atoms with Crippen molar-refractivity contribution in [2.24, 2.45) is 0 Å². The van der Waals surface area contributed by atoms with Gasteiger partial charge in [-0.1, -0.05) is 25.6 Å². The molecule has 4 nitrogen and oxygen atoms in total. The number of nitrogens with zero attached hydrogens (tertiary/aromatic N) is 2. The average Bonchev–Trinajstić information content (AvgIpc) is 2.89. The number of hydrogen-bond donors (Lipinski definition) is 1. The second-order valence-corrected chi connectivity index (χ2v) is 8.52. The first-order chi connectivity index (χ1) is 12.3. The highest BCUT2D eigenvalue weighted by Crippen LogP contribution is 2.36. The highest BCUT2D eigenvalue weighted by Gasteiger charge is 2.17. The van der Waals surface area contributed by atoms with Crippen molar-refractivity contribution >= 4 is 44.9 Å². The first-order valence-corrected chi connectivity index (χ1v) is 10.1. The Hall–Kier alpha value is -1.99. The largest absolute Gasteiger partial charge is 0.325 e. The standard InChI is InChI=1S/C19H20FN3OS2/c1-10(2)17-22-18(16-11(3)12(4)26-19(16)23-17)25-9-15(24)21-14-7-5-13(20)6-8-14/h5-8,10H,9H2,1-4H3,(H,21,24). The van der Waals surface area contributed by atoms with E-state index in [0.717, 1.165) is 21.1 Å². The highest BCUT2D eigenvalue weighted by atomic mass is 32.2. The van der Waals surface area contributed by atoms with Gasteiger partial charge in [0.15, 0.2) is 0 Å². The lowest BCUT2D eigenvalue weighted by Crippen LogP contribution is -2.14. The molecule has 26 heavy (non-hydrogen) atoms. The summed E-state index contributed by atoms with van der Waals surface area (Å²) in [5, 5.41) is 4.66. The number of rotatable bonds is 5. The Morgan fingerprint density at radius 2 is 1.92 bits per heavy atom. The third kappa shape index (κ3) is 4.04. The van der Waals surface area contributed by atoms with Gasteiger partial charge in [0.25, 0.3) is 0 Å². The van der Waals surface area contributed by atoms with Crippen LogP contribution in [0.2, 0.25) is 0 Å². The van der Waals surface area contributed by atoms with Gasteiger partial charge in [-0.3, -0.25) is 4.79 Å². The number of thiophene rings is 1. The molecule has 136 valence electrons. The quantitative estimate of drug-likeness (QED) is 0.475. The Labute approximate surface area is 160 Å². The predicted molar refractivity (Wildman–Crippen MR) is 107 cm³/mol. The lowest BCUT2D eigenvalue weighted by atomic mass is 10.2. The summed E-state index contributed by atoms with van der Waals surface area (Å²) >= 11 is 3.07. The molecule has 1 aromatic carbocycles. The lowest BCUT2D eigenvalue weighted by molar-refractivity contribution is -0.113. The molecule has 7 heteroatoms. The van der Waals surface area contributed by atoms with Crippen LogP contribution in [0.3, 0.4) is 0 Å². The van der Waals surface area contributed by atoms with Crippen molar-refractivity contribution in [1.82, 2.24) is 9.97 Å². The second-order valence-electron chi connectivity index (χ2n) is 6.35. The van der Waals surface area contributed by atoms with E-state index in [1.54, 1.807) is 23.5 Å². The topological polar surface area (TPSA) is 54.9 Å². The van der Waals surface area contributed by atoms with E-state index in [-0.39, 0.29) is 23.4 Å². The number of carbonyl (C=O) groups is 1. The number of anilines is 1. The number of aromatic nitrogens is 2. The lowest BCUT2D eigenvalue weighted by Gasteiger charge is -2.09. The van der Waals surface area contributed by atoms with Crippen LogP contribution in [0, 0.1) is 19.7 Å². The van der Waals surface area contributed by atoms with Crippen LogP contribution in [0.15, 0.2) is 29.3 Å². The molecule has 0 fully saturated rings. The third-order valence-electron chi connectivity index (χ3n) is 4.00. The van der Waals surface area contributed by atoms with Gasteiger partial charge in [0, 0.05) is 21.9 Å². The van der Waals surface area contributed by atoms with Gasteiger partial charge < -0.3 is 5.32 Å². The molecule has 0 radical (unpaired) electrons. The number of fused-ring (bicyclic) bond motifs is 1. The maximum Gasteiger partial charge on any atom is 0.234 e. The van der Waals surface area contributed by atoms with E-state index >= 15 is 0 Å². The number of aryl methyl sites for hydroxylation is 2. The van der Waals surface area contributed by atoms with E-state index < -0.39 is 0 Å². The van der Waals surface area contributed by atoms with Crippen LogP contribution in [0.25, 0.3) is 10.2 Å². The van der Waals surface area contributed by atoms with Crippen LogP contribution in [-0.2, 0) is 4.79 Å². The predicted octanol–water partition coefficient (Wildman–Crippen LogP) is 5.30. The molecule has 0 aliphatic rings. The van der Waals surface area contributed by atoms with Gasteiger partial charge in [0.2, 0.25) is 5.91 Å². The number of thioether (sulfide) groups is 1. The SMILES string of the molecule is Cc1sc2nc(C(C)C)nc(SCC(=O)Nc3ccc(F)cc3)c2c1C. The molecular weight excluding hydrogens is 369 g/mol. The van der Waals surface area contributed by atoms with Crippen molar-refractivity contribution in [1.29, 1.82) is 0 Å². The Bertz CT molecular complexity index is 952. The summed E-state index contributed by atoms with van der Waals surface area (Å²) in [7, 11) is 0. The Morgan fingerprint density at radius 1 is 1.23 bits per heavy atom. The Kier molecular flexibility index (Phi) is 5.58. The van der Waals surface area contributed by atoms with Crippen molar-refractivity contribution < 1.29 is 9.18 Å². The molecule has 0 saturated carbocycles. The van der Waals surface area contributed by atoms with Gasteiger partial charge in [-0.25, -0.2) is 14.4 Å². The minimum Gasteiger partial charge on any atom is -0.325 e. The van der Waals surface area contributed by atoms with Crippen molar-refractivity contribution in [2.75, 3.05) is 11.1 Å². The van der Waals surface area contributed by atoms with E-state index in [1.165, 1.54) is 34.3 Å². The smallest absolute Gasteiger partial charge is 0.234 e. The fraction of sp³-hybridized carbons (Fsp3) is 0.316. The number of carbonyl (C=O) groups excluding carboxylic acids is 1. The van der Waals surface area contributed by atoms with Crippen LogP contribution < -0.4 is 5.32 Å². The van der Waals surface area contributed by atoms with Crippen LogP contribution >= 0.6 is 23.1 Å². The van der Waals surface area contributed by atoms with E-state index in [9.17, 15) is 9.18 Å². The van der Waals surface area contributed by atoms with E-state index in [1.807, 2.05) is 0 Å². The Balaban J connectivity index is 1.81. The number of hydrogen-bond acceptors (Lipinski definition) is 5. The van der Waals surface area contributed by atoms with Gasteiger partial charge in [-0.15, -0.1) is 11.3 Å². The molecule has 0 aliphatic carbocycles. The van der Waals surface area contributed by atoms with Gasteiger partial charge in [-0.05, 0) is 43.7 Å². The van der Waals surface area contributed by atoms with Crippen molar-refractivity contribution in [3.05, 3.63) is 46.3 Å². The molecule has 1 N–H and O–H groups in total. The molecule has 2 aromatic heterocycles. The molecule has 0 bridgehead atoms. The zero-order valence-electron chi connectivity index (χ0n) is 15.1. The summed E-state index contributed by atoms with van der Waals surface area (Å²) in [6, 6.07) is 5.74. The summed E-state index contributed by atoms with van der Waals surface area (Å²) in [6.07, 6.45) is 0.